The number of carboxylic acid groups (broad SMARTS) is 2. The molecule has 0 aromatic rings. The molecule has 4 nitrogen and oxygen atoms in total. The summed E-state index contributed by atoms with van der Waals surface area (Å²) in [6.07, 6.45) is 16.4. The molecule has 4 heteroatoms. The molecule has 146 valence electrons. The molecule has 0 spiro atoms. The number of rotatable bonds is 17. The lowest BCUT2D eigenvalue weighted by Crippen LogP contribution is -2.15. The molecule has 0 rings (SSSR count). The molecule has 0 fully saturated rings. The van der Waals surface area contributed by atoms with Crippen LogP contribution in [0.3, 0.4) is 0 Å². The van der Waals surface area contributed by atoms with E-state index in [0.29, 0.717) is 0 Å². The highest BCUT2D eigenvalue weighted by Crippen LogP contribution is 2.26. The van der Waals surface area contributed by atoms with Gasteiger partial charge in [0.1, 0.15) is 0 Å². The first-order valence-corrected chi connectivity index (χ1v) is 10.2. The van der Waals surface area contributed by atoms with Crippen LogP contribution in [0.2, 0.25) is 0 Å². The third-order valence-corrected chi connectivity index (χ3v) is 4.78. The number of hydrogen-bond donors (Lipinski definition) is 2. The van der Waals surface area contributed by atoms with Crippen LogP contribution in [0.15, 0.2) is 11.6 Å². The monoisotopic (exact) mass is 354 g/mol. The fourth-order valence-corrected chi connectivity index (χ4v) is 3.28. The molecule has 0 aliphatic heterocycles. The van der Waals surface area contributed by atoms with Crippen molar-refractivity contribution in [2.75, 3.05) is 0 Å². The summed E-state index contributed by atoms with van der Waals surface area (Å²) >= 11 is 0. The van der Waals surface area contributed by atoms with Crippen molar-refractivity contribution >= 4 is 11.9 Å². The van der Waals surface area contributed by atoms with Crippen LogP contribution < -0.4 is 0 Å². The number of unbranched alkanes of at least 4 members (excludes halogenated alkanes) is 10. The number of carbonyl (C=O) groups is 2. The summed E-state index contributed by atoms with van der Waals surface area (Å²) in [6.45, 7) is 4.37. The Kier molecular flexibility index (Phi) is 15.3. The zero-order valence-corrected chi connectivity index (χ0v) is 16.3. The Morgan fingerprint density at radius 2 is 1.12 bits per heavy atom. The topological polar surface area (TPSA) is 74.6 Å². The average molecular weight is 355 g/mol. The second-order valence-electron chi connectivity index (χ2n) is 7.05. The van der Waals surface area contributed by atoms with Gasteiger partial charge in [0.15, 0.2) is 0 Å². The Hall–Kier alpha value is -1.32. The van der Waals surface area contributed by atoms with Crippen LogP contribution in [-0.2, 0) is 9.59 Å². The van der Waals surface area contributed by atoms with Crippen molar-refractivity contribution in [3.05, 3.63) is 11.6 Å². The van der Waals surface area contributed by atoms with Crippen LogP contribution in [0.5, 0.6) is 0 Å². The van der Waals surface area contributed by atoms with Gasteiger partial charge in [-0.15, -0.1) is 0 Å². The van der Waals surface area contributed by atoms with E-state index in [1.54, 1.807) is 0 Å². The van der Waals surface area contributed by atoms with E-state index < -0.39 is 11.9 Å². The summed E-state index contributed by atoms with van der Waals surface area (Å²) in [6, 6.07) is 0. The number of aliphatic carboxylic acids is 2. The SMILES string of the molecule is CCCCCCCCC(CCCCCCCC)/C(=C/C(=O)O)C(=O)O. The molecule has 0 saturated heterocycles. The van der Waals surface area contributed by atoms with Gasteiger partial charge < -0.3 is 10.2 Å². The third kappa shape index (κ3) is 13.6. The van der Waals surface area contributed by atoms with E-state index in [4.69, 9.17) is 5.11 Å². The van der Waals surface area contributed by atoms with Crippen molar-refractivity contribution in [1.82, 2.24) is 0 Å². The molecule has 0 aliphatic carbocycles. The largest absolute Gasteiger partial charge is 0.478 e. The zero-order valence-electron chi connectivity index (χ0n) is 16.3. The zero-order chi connectivity index (χ0) is 18.9. The molecule has 2 N–H and O–H groups in total. The molecule has 0 bridgehead atoms. The smallest absolute Gasteiger partial charge is 0.332 e. The van der Waals surface area contributed by atoms with E-state index in [2.05, 4.69) is 13.8 Å². The average Bonchev–Trinajstić information content (AvgIpc) is 2.56. The fourth-order valence-electron chi connectivity index (χ4n) is 3.28. The van der Waals surface area contributed by atoms with Gasteiger partial charge in [0.2, 0.25) is 0 Å². The molecular formula is C21H38O4. The van der Waals surface area contributed by atoms with Crippen molar-refractivity contribution in [2.24, 2.45) is 5.92 Å². The van der Waals surface area contributed by atoms with Crippen molar-refractivity contribution < 1.29 is 19.8 Å². The van der Waals surface area contributed by atoms with Gasteiger partial charge in [-0.3, -0.25) is 0 Å². The Morgan fingerprint density at radius 3 is 1.48 bits per heavy atom. The van der Waals surface area contributed by atoms with Gasteiger partial charge in [0.05, 0.1) is 0 Å². The summed E-state index contributed by atoms with van der Waals surface area (Å²) in [5, 5.41) is 18.4. The van der Waals surface area contributed by atoms with Gasteiger partial charge in [-0.2, -0.15) is 0 Å². The lowest BCUT2D eigenvalue weighted by Gasteiger charge is -2.17. The quantitative estimate of drug-likeness (QED) is 0.241. The minimum Gasteiger partial charge on any atom is -0.478 e. The van der Waals surface area contributed by atoms with E-state index in [1.807, 2.05) is 0 Å². The maximum atomic E-state index is 11.5. The predicted molar refractivity (Wildman–Crippen MR) is 103 cm³/mol. The second kappa shape index (κ2) is 16.2. The summed E-state index contributed by atoms with van der Waals surface area (Å²) in [5.41, 5.74) is 0.0783. The van der Waals surface area contributed by atoms with Crippen LogP contribution in [0.1, 0.15) is 104 Å². The highest BCUT2D eigenvalue weighted by atomic mass is 16.4. The summed E-state index contributed by atoms with van der Waals surface area (Å²) in [5.74, 6) is -2.37. The summed E-state index contributed by atoms with van der Waals surface area (Å²) in [7, 11) is 0. The Morgan fingerprint density at radius 1 is 0.720 bits per heavy atom. The van der Waals surface area contributed by atoms with Gasteiger partial charge in [-0.25, -0.2) is 9.59 Å². The van der Waals surface area contributed by atoms with E-state index in [9.17, 15) is 14.7 Å². The molecular weight excluding hydrogens is 316 g/mol. The fraction of sp³-hybridized carbons (Fsp3) is 0.810. The van der Waals surface area contributed by atoms with Crippen molar-refractivity contribution in [3.8, 4) is 0 Å². The van der Waals surface area contributed by atoms with Crippen molar-refractivity contribution in [3.63, 3.8) is 0 Å². The lowest BCUT2D eigenvalue weighted by molar-refractivity contribution is -0.135. The maximum Gasteiger partial charge on any atom is 0.332 e. The molecule has 0 saturated carbocycles. The normalized spacial score (nSPS) is 11.9. The summed E-state index contributed by atoms with van der Waals surface area (Å²) in [4.78, 5) is 22.5. The molecule has 25 heavy (non-hydrogen) atoms. The Labute approximate surface area is 153 Å². The highest BCUT2D eigenvalue weighted by molar-refractivity contribution is 5.95. The lowest BCUT2D eigenvalue weighted by atomic mass is 9.87. The van der Waals surface area contributed by atoms with Gasteiger partial charge in [0, 0.05) is 11.6 Å². The van der Waals surface area contributed by atoms with Crippen LogP contribution in [0, 0.1) is 5.92 Å². The maximum absolute atomic E-state index is 11.5. The van der Waals surface area contributed by atoms with Gasteiger partial charge in [0.25, 0.3) is 0 Å². The molecule has 0 heterocycles. The van der Waals surface area contributed by atoms with Gasteiger partial charge in [-0.1, -0.05) is 90.9 Å². The third-order valence-electron chi connectivity index (χ3n) is 4.78. The summed E-state index contributed by atoms with van der Waals surface area (Å²) < 4.78 is 0. The molecule has 0 aromatic carbocycles. The highest BCUT2D eigenvalue weighted by Gasteiger charge is 2.21. The van der Waals surface area contributed by atoms with Gasteiger partial charge in [-0.05, 0) is 18.8 Å². The first-order chi connectivity index (χ1) is 12.0. The van der Waals surface area contributed by atoms with Gasteiger partial charge >= 0.3 is 11.9 Å². The van der Waals surface area contributed by atoms with E-state index >= 15 is 0 Å². The van der Waals surface area contributed by atoms with E-state index in [0.717, 1.165) is 44.6 Å². The minimum atomic E-state index is -1.16. The van der Waals surface area contributed by atoms with Crippen LogP contribution >= 0.6 is 0 Å². The van der Waals surface area contributed by atoms with Crippen LogP contribution in [-0.4, -0.2) is 22.2 Å². The molecule has 0 radical (unpaired) electrons. The van der Waals surface area contributed by atoms with E-state index in [1.165, 1.54) is 51.4 Å². The Bertz CT molecular complexity index is 371. The Balaban J connectivity index is 4.48. The predicted octanol–water partition coefficient (Wildman–Crippen LogP) is 6.20. The molecule has 0 aromatic heterocycles. The molecule has 0 unspecified atom stereocenters. The minimum absolute atomic E-state index is 0.0783. The van der Waals surface area contributed by atoms with E-state index in [-0.39, 0.29) is 11.5 Å². The van der Waals surface area contributed by atoms with Crippen LogP contribution in [0.4, 0.5) is 0 Å². The molecule has 0 aliphatic rings. The molecule has 0 amide bonds. The van der Waals surface area contributed by atoms with Crippen molar-refractivity contribution in [2.45, 2.75) is 104 Å². The first kappa shape index (κ1) is 23.7. The van der Waals surface area contributed by atoms with Crippen molar-refractivity contribution in [1.29, 1.82) is 0 Å². The second-order valence-corrected chi connectivity index (χ2v) is 7.05. The number of carboxylic acids is 2. The van der Waals surface area contributed by atoms with Crippen LogP contribution in [0.25, 0.3) is 0 Å². The number of hydrogen-bond acceptors (Lipinski definition) is 2. The molecule has 0 atom stereocenters. The standard InChI is InChI=1S/C21H38O4/c1-3-5-7-9-11-13-15-18(16-14-12-10-8-6-4-2)19(21(24)25)17-20(22)23/h17-18H,3-16H2,1-2H3,(H,22,23)(H,24,25)/b19-17-. The first-order valence-electron chi connectivity index (χ1n) is 10.2.